The number of para-hydroxylation sites is 1. The molecule has 0 aliphatic rings. The molecular weight excluding hydrogens is 735 g/mol. The van der Waals surface area contributed by atoms with Crippen LogP contribution in [-0.2, 0) is 0 Å². The quantitative estimate of drug-likeness (QED) is 0.168. The number of benzene rings is 9. The lowest BCUT2D eigenvalue weighted by Crippen LogP contribution is -2.00. The fraction of sp³-hybridized carbons (Fsp3) is 0. The van der Waals surface area contributed by atoms with E-state index in [2.05, 4.69) is 12.1 Å². The van der Waals surface area contributed by atoms with Crippen molar-refractivity contribution < 1.29 is 21.2 Å². The number of furan rings is 2. The third kappa shape index (κ3) is 5.75. The number of fused-ring (bicyclic) bond motifs is 8. The zero-order chi connectivity index (χ0) is 47.4. The Morgan fingerprint density at radius 2 is 0.967 bits per heavy atom. The molecule has 5 nitrogen and oxygen atoms in total. The lowest BCUT2D eigenvalue weighted by Gasteiger charge is -2.10. The number of nitrogens with zero attached hydrogens (tertiary/aromatic N) is 3. The summed E-state index contributed by atoms with van der Waals surface area (Å²) in [6, 6.07) is 43.2. The van der Waals surface area contributed by atoms with Crippen molar-refractivity contribution in [2.75, 3.05) is 0 Å². The maximum Gasteiger partial charge on any atom is 0.164 e. The van der Waals surface area contributed by atoms with Gasteiger partial charge in [-0.25, -0.2) is 15.0 Å². The van der Waals surface area contributed by atoms with Crippen LogP contribution in [0.1, 0.15) is 12.3 Å². The van der Waals surface area contributed by atoms with Gasteiger partial charge in [-0.05, 0) is 69.5 Å². The Balaban J connectivity index is 1.02. The summed E-state index contributed by atoms with van der Waals surface area (Å²) in [4.78, 5) is 15.1. The van der Waals surface area contributed by atoms with E-state index in [4.69, 9.17) is 32.0 Å². The van der Waals surface area contributed by atoms with E-state index < -0.39 is 36.3 Å². The molecule has 12 rings (SSSR count). The molecule has 0 atom stereocenters. The third-order valence-electron chi connectivity index (χ3n) is 10.8. The molecule has 0 fully saturated rings. The van der Waals surface area contributed by atoms with Gasteiger partial charge in [0, 0.05) is 49.2 Å². The van der Waals surface area contributed by atoms with Crippen molar-refractivity contribution in [1.29, 1.82) is 0 Å². The Kier molecular flexibility index (Phi) is 5.95. The maximum absolute atomic E-state index is 9.46. The Labute approximate surface area is 357 Å². The Hall–Kier alpha value is -8.15. The Morgan fingerprint density at radius 3 is 1.78 bits per heavy atom. The molecule has 5 heteroatoms. The van der Waals surface area contributed by atoms with Gasteiger partial charge in [-0.2, -0.15) is 0 Å². The smallest absolute Gasteiger partial charge is 0.164 e. The number of rotatable bonds is 6. The molecular formula is C55H33N3O2. The molecule has 0 bridgehead atoms. The van der Waals surface area contributed by atoms with E-state index >= 15 is 0 Å². The molecule has 0 radical (unpaired) electrons. The van der Waals surface area contributed by atoms with Gasteiger partial charge >= 0.3 is 0 Å². The highest BCUT2D eigenvalue weighted by molar-refractivity contribution is 6.15. The normalized spacial score (nSPS) is 13.8. The van der Waals surface area contributed by atoms with Crippen LogP contribution in [0, 0.1) is 0 Å². The first-order chi connectivity index (χ1) is 33.5. The fourth-order valence-electron chi connectivity index (χ4n) is 7.85. The SMILES string of the molecule is [2H]c1c([2H])c([2H])c2c(c1[2H])c([2H])c([2H])c1c2oc2c([2H])c(-c3cccc(-c4nc(-c5ccc(-c6ccccc6)cc5)nc(-c5ccc6c(c5)oc5c(-c7ccccc7)cccc56)n4)c3)c([2H])c([2H])c21. The maximum atomic E-state index is 9.46. The molecule has 280 valence electrons. The molecule has 0 unspecified atom stereocenters. The summed E-state index contributed by atoms with van der Waals surface area (Å²) >= 11 is 0. The van der Waals surface area contributed by atoms with Crippen LogP contribution >= 0.6 is 0 Å². The molecule has 60 heavy (non-hydrogen) atoms. The predicted octanol–water partition coefficient (Wildman–Crippen LogP) is 14.8. The van der Waals surface area contributed by atoms with Gasteiger partial charge in [0.2, 0.25) is 0 Å². The van der Waals surface area contributed by atoms with Gasteiger partial charge in [0.25, 0.3) is 0 Å². The first kappa shape index (κ1) is 26.0. The van der Waals surface area contributed by atoms with Crippen LogP contribution in [0.3, 0.4) is 0 Å². The van der Waals surface area contributed by atoms with Crippen molar-refractivity contribution in [2.45, 2.75) is 0 Å². The minimum Gasteiger partial charge on any atom is -0.455 e. The monoisotopic (exact) mass is 776 g/mol. The van der Waals surface area contributed by atoms with E-state index in [0.29, 0.717) is 39.7 Å². The van der Waals surface area contributed by atoms with Crippen molar-refractivity contribution >= 4 is 54.6 Å². The number of aromatic nitrogens is 3. The summed E-state index contributed by atoms with van der Waals surface area (Å²) in [6.45, 7) is 0. The first-order valence-corrected chi connectivity index (χ1v) is 19.4. The zero-order valence-corrected chi connectivity index (χ0v) is 31.5. The van der Waals surface area contributed by atoms with Crippen molar-refractivity contribution in [3.63, 3.8) is 0 Å². The Morgan fingerprint density at radius 1 is 0.350 bits per heavy atom. The lowest BCUT2D eigenvalue weighted by atomic mass is 10.0. The molecule has 3 heterocycles. The highest BCUT2D eigenvalue weighted by atomic mass is 16.3. The van der Waals surface area contributed by atoms with Crippen LogP contribution in [0.25, 0.3) is 122 Å². The van der Waals surface area contributed by atoms with Crippen LogP contribution in [0.4, 0.5) is 0 Å². The molecule has 0 N–H and O–H groups in total. The van der Waals surface area contributed by atoms with Crippen LogP contribution in [0.5, 0.6) is 0 Å². The van der Waals surface area contributed by atoms with Gasteiger partial charge in [0.15, 0.2) is 17.5 Å². The molecule has 12 aromatic rings. The summed E-state index contributed by atoms with van der Waals surface area (Å²) in [5, 5.41) is 1.46. The molecule has 9 aromatic carbocycles. The second kappa shape index (κ2) is 13.8. The average Bonchev–Trinajstić information content (AvgIpc) is 3.98. The second-order valence-electron chi connectivity index (χ2n) is 14.5. The van der Waals surface area contributed by atoms with Gasteiger partial charge in [-0.1, -0.05) is 164 Å². The van der Waals surface area contributed by atoms with E-state index in [-0.39, 0.29) is 56.4 Å². The number of hydrogen-bond acceptors (Lipinski definition) is 5. The third-order valence-corrected chi connectivity index (χ3v) is 10.8. The van der Waals surface area contributed by atoms with Crippen LogP contribution < -0.4 is 0 Å². The highest BCUT2D eigenvalue weighted by Gasteiger charge is 2.18. The van der Waals surface area contributed by atoms with Gasteiger partial charge < -0.3 is 8.83 Å². The van der Waals surface area contributed by atoms with Gasteiger partial charge in [-0.3, -0.25) is 0 Å². The minimum absolute atomic E-state index is 0.0495. The van der Waals surface area contributed by atoms with E-state index in [0.717, 1.165) is 44.2 Å². The molecule has 0 aliphatic carbocycles. The van der Waals surface area contributed by atoms with Crippen molar-refractivity contribution in [1.82, 2.24) is 15.0 Å². The van der Waals surface area contributed by atoms with E-state index in [1.54, 1.807) is 18.2 Å². The second-order valence-corrected chi connectivity index (χ2v) is 14.5. The van der Waals surface area contributed by atoms with Gasteiger partial charge in [0.05, 0.1) is 12.3 Å². The summed E-state index contributed by atoms with van der Waals surface area (Å²) in [7, 11) is 0. The van der Waals surface area contributed by atoms with Crippen molar-refractivity contribution in [2.24, 2.45) is 0 Å². The molecule has 0 aliphatic heterocycles. The summed E-state index contributed by atoms with van der Waals surface area (Å²) in [6.07, 6.45) is 0. The molecule has 0 saturated heterocycles. The van der Waals surface area contributed by atoms with Crippen LogP contribution in [-0.4, -0.2) is 15.0 Å². The zero-order valence-electron chi connectivity index (χ0n) is 40.5. The number of hydrogen-bond donors (Lipinski definition) is 0. The van der Waals surface area contributed by atoms with E-state index in [9.17, 15) is 4.11 Å². The molecule has 3 aromatic heterocycles. The topological polar surface area (TPSA) is 65.0 Å². The lowest BCUT2D eigenvalue weighted by molar-refractivity contribution is 0.670. The largest absolute Gasteiger partial charge is 0.455 e. The Bertz CT molecular complexity index is 4120. The minimum atomic E-state index is -0.558. The summed E-state index contributed by atoms with van der Waals surface area (Å²) < 4.78 is 92.3. The molecule has 0 spiro atoms. The van der Waals surface area contributed by atoms with Gasteiger partial charge in [-0.15, -0.1) is 0 Å². The summed E-state index contributed by atoms with van der Waals surface area (Å²) in [5.41, 5.74) is 7.61. The van der Waals surface area contributed by atoms with Gasteiger partial charge in [0.1, 0.15) is 22.3 Å². The predicted molar refractivity (Wildman–Crippen MR) is 245 cm³/mol. The average molecular weight is 777 g/mol. The van der Waals surface area contributed by atoms with Crippen LogP contribution in [0.2, 0.25) is 0 Å². The molecule has 0 amide bonds. The highest BCUT2D eigenvalue weighted by Crippen LogP contribution is 2.39. The fourth-order valence-corrected chi connectivity index (χ4v) is 7.85. The van der Waals surface area contributed by atoms with Crippen molar-refractivity contribution in [3.05, 3.63) is 200 Å². The first-order valence-electron chi connectivity index (χ1n) is 23.9. The molecule has 0 saturated carbocycles. The van der Waals surface area contributed by atoms with E-state index in [1.807, 2.05) is 115 Å². The van der Waals surface area contributed by atoms with Crippen molar-refractivity contribution in [3.8, 4) is 67.5 Å². The van der Waals surface area contributed by atoms with E-state index in [1.165, 1.54) is 0 Å². The van der Waals surface area contributed by atoms with Crippen LogP contribution in [0.15, 0.2) is 209 Å². The standard InChI is InChI=1S/C55H33N3O2/c1-3-11-34(12-4-1)35-21-23-38(24-22-35)53-56-54(58-55(57-53)42-27-29-45-47-20-10-19-44(36-13-5-2-6-14-36)51(47)60-50(45)33-42)41-17-9-16-39(31-41)40-26-28-46-48-30-25-37-15-7-8-18-43(37)52(48)59-49(46)32-40/h1-33H/i7D,8D,15D,18D,25D,26D,28D,30D,32D. The summed E-state index contributed by atoms with van der Waals surface area (Å²) in [5.74, 6) is 1.08.